The second-order valence-corrected chi connectivity index (χ2v) is 5.52. The summed E-state index contributed by atoms with van der Waals surface area (Å²) in [6.45, 7) is 5.21. The van der Waals surface area contributed by atoms with Gasteiger partial charge in [0.25, 0.3) is 0 Å². The summed E-state index contributed by atoms with van der Waals surface area (Å²) in [6, 6.07) is 0. The molecule has 6 heteroatoms. The Hall–Kier alpha value is -0.170. The molecule has 1 saturated heterocycles. The fraction of sp³-hybridized carbons (Fsp3) is 1.00. The molecule has 0 aromatic rings. The molecule has 0 radical (unpaired) electrons. The van der Waals surface area contributed by atoms with Crippen molar-refractivity contribution in [3.63, 3.8) is 0 Å². The van der Waals surface area contributed by atoms with E-state index in [1.807, 2.05) is 14.0 Å². The van der Waals surface area contributed by atoms with Crippen molar-refractivity contribution < 1.29 is 8.42 Å². The van der Waals surface area contributed by atoms with E-state index >= 15 is 0 Å². The molecule has 1 fully saturated rings. The van der Waals surface area contributed by atoms with Crippen LogP contribution in [0.4, 0.5) is 0 Å². The summed E-state index contributed by atoms with van der Waals surface area (Å²) < 4.78 is 22.8. The largest absolute Gasteiger partial charge is 0.304 e. The molecule has 0 unspecified atom stereocenters. The van der Waals surface area contributed by atoms with Gasteiger partial charge in [0.05, 0.1) is 5.75 Å². The maximum Gasteiger partial charge on any atom is 0.224 e. The van der Waals surface area contributed by atoms with Gasteiger partial charge < -0.3 is 4.90 Å². The Labute approximate surface area is 86.1 Å². The zero-order valence-corrected chi connectivity index (χ0v) is 9.68. The topological polar surface area (TPSA) is 52.7 Å². The van der Waals surface area contributed by atoms with Crippen LogP contribution in [0, 0.1) is 0 Å². The number of likely N-dealkylation sites (N-methyl/N-ethyl adjacent to an activating group) is 1. The van der Waals surface area contributed by atoms with Gasteiger partial charge >= 0.3 is 0 Å². The first-order chi connectivity index (χ1) is 6.53. The Morgan fingerprint density at radius 1 is 1.21 bits per heavy atom. The Morgan fingerprint density at radius 3 is 2.29 bits per heavy atom. The standard InChI is InChI=1S/C8H19N3O2S/c1-3-8-14(12,13)9-11-6-4-10(2)5-7-11/h9H,3-8H2,1-2H3. The summed E-state index contributed by atoms with van der Waals surface area (Å²) in [5.41, 5.74) is 0. The van der Waals surface area contributed by atoms with E-state index in [-0.39, 0.29) is 5.75 Å². The highest BCUT2D eigenvalue weighted by Crippen LogP contribution is 1.98. The van der Waals surface area contributed by atoms with Gasteiger partial charge in [0.15, 0.2) is 0 Å². The van der Waals surface area contributed by atoms with Crippen molar-refractivity contribution >= 4 is 10.0 Å². The molecule has 0 saturated carbocycles. The zero-order valence-electron chi connectivity index (χ0n) is 8.86. The fourth-order valence-electron chi connectivity index (χ4n) is 1.41. The molecule has 0 aromatic heterocycles. The molecule has 0 atom stereocenters. The Kier molecular flexibility index (Phi) is 4.31. The van der Waals surface area contributed by atoms with Gasteiger partial charge in [0.2, 0.25) is 10.0 Å². The van der Waals surface area contributed by atoms with Crippen LogP contribution in [-0.2, 0) is 10.0 Å². The molecule has 1 aliphatic rings. The number of piperazine rings is 1. The van der Waals surface area contributed by atoms with Crippen LogP contribution in [0.15, 0.2) is 0 Å². The third kappa shape index (κ3) is 3.91. The molecule has 0 aliphatic carbocycles. The average Bonchev–Trinajstić information content (AvgIpc) is 2.08. The fourth-order valence-corrected chi connectivity index (χ4v) is 2.61. The van der Waals surface area contributed by atoms with Gasteiger partial charge in [-0.05, 0) is 13.5 Å². The minimum Gasteiger partial charge on any atom is -0.304 e. The second-order valence-electron chi connectivity index (χ2n) is 3.70. The molecule has 14 heavy (non-hydrogen) atoms. The highest BCUT2D eigenvalue weighted by Gasteiger charge is 2.18. The second kappa shape index (κ2) is 5.06. The SMILES string of the molecule is CCCS(=O)(=O)NN1CCN(C)CC1. The summed E-state index contributed by atoms with van der Waals surface area (Å²) in [7, 11) is -1.05. The van der Waals surface area contributed by atoms with E-state index in [9.17, 15) is 8.42 Å². The zero-order chi connectivity index (χ0) is 10.6. The van der Waals surface area contributed by atoms with E-state index in [1.165, 1.54) is 0 Å². The predicted octanol–water partition coefficient (Wildman–Crippen LogP) is -0.522. The molecule has 84 valence electrons. The molecule has 0 spiro atoms. The summed E-state index contributed by atoms with van der Waals surface area (Å²) in [4.78, 5) is 4.78. The number of hydrogen-bond donors (Lipinski definition) is 1. The lowest BCUT2D eigenvalue weighted by molar-refractivity contribution is 0.135. The van der Waals surface area contributed by atoms with E-state index in [0.29, 0.717) is 6.42 Å². The molecule has 1 rings (SSSR count). The quantitative estimate of drug-likeness (QED) is 0.694. The van der Waals surface area contributed by atoms with Gasteiger partial charge in [-0.25, -0.2) is 13.4 Å². The molecule has 1 N–H and O–H groups in total. The maximum absolute atomic E-state index is 11.4. The molecular formula is C8H19N3O2S. The highest BCUT2D eigenvalue weighted by molar-refractivity contribution is 7.89. The van der Waals surface area contributed by atoms with Crippen LogP contribution < -0.4 is 4.83 Å². The summed E-state index contributed by atoms with van der Waals surface area (Å²) in [6.07, 6.45) is 0.656. The summed E-state index contributed by atoms with van der Waals surface area (Å²) in [5, 5.41) is 1.78. The average molecular weight is 221 g/mol. The van der Waals surface area contributed by atoms with Crippen molar-refractivity contribution in [2.24, 2.45) is 0 Å². The molecule has 1 aliphatic heterocycles. The summed E-state index contributed by atoms with van der Waals surface area (Å²) >= 11 is 0. The number of nitrogens with zero attached hydrogens (tertiary/aromatic N) is 2. The van der Waals surface area contributed by atoms with Crippen molar-refractivity contribution in [2.45, 2.75) is 13.3 Å². The molecule has 5 nitrogen and oxygen atoms in total. The Morgan fingerprint density at radius 2 is 1.79 bits per heavy atom. The van der Waals surface area contributed by atoms with Gasteiger partial charge in [-0.1, -0.05) is 6.92 Å². The number of rotatable bonds is 4. The first-order valence-corrected chi connectivity index (χ1v) is 6.62. The third-order valence-electron chi connectivity index (χ3n) is 2.24. The van der Waals surface area contributed by atoms with Crippen LogP contribution >= 0.6 is 0 Å². The monoisotopic (exact) mass is 221 g/mol. The van der Waals surface area contributed by atoms with Crippen LogP contribution in [0.25, 0.3) is 0 Å². The first-order valence-electron chi connectivity index (χ1n) is 4.97. The van der Waals surface area contributed by atoms with Gasteiger partial charge in [-0.3, -0.25) is 0 Å². The van der Waals surface area contributed by atoms with Crippen molar-refractivity contribution in [1.82, 2.24) is 14.7 Å². The minimum atomic E-state index is -3.09. The van der Waals surface area contributed by atoms with Crippen molar-refractivity contribution in [1.29, 1.82) is 0 Å². The molecule has 0 amide bonds. The van der Waals surface area contributed by atoms with E-state index in [4.69, 9.17) is 0 Å². The van der Waals surface area contributed by atoms with E-state index in [0.717, 1.165) is 26.2 Å². The lowest BCUT2D eigenvalue weighted by Crippen LogP contribution is -2.52. The lowest BCUT2D eigenvalue weighted by Gasteiger charge is -2.32. The van der Waals surface area contributed by atoms with Crippen LogP contribution in [0.3, 0.4) is 0 Å². The Balaban J connectivity index is 2.37. The molecule has 0 bridgehead atoms. The van der Waals surface area contributed by atoms with Gasteiger partial charge in [0, 0.05) is 26.2 Å². The lowest BCUT2D eigenvalue weighted by atomic mass is 10.4. The predicted molar refractivity (Wildman–Crippen MR) is 56.3 cm³/mol. The van der Waals surface area contributed by atoms with Crippen molar-refractivity contribution in [3.8, 4) is 0 Å². The number of hydrazine groups is 1. The Bertz CT molecular complexity index is 258. The van der Waals surface area contributed by atoms with E-state index in [1.54, 1.807) is 5.01 Å². The first kappa shape index (κ1) is 11.9. The molecule has 0 aromatic carbocycles. The van der Waals surface area contributed by atoms with Crippen LogP contribution in [0.1, 0.15) is 13.3 Å². The third-order valence-corrected chi connectivity index (χ3v) is 3.73. The van der Waals surface area contributed by atoms with Crippen LogP contribution in [0.2, 0.25) is 0 Å². The molecular weight excluding hydrogens is 202 g/mol. The number of hydrogen-bond acceptors (Lipinski definition) is 4. The minimum absolute atomic E-state index is 0.208. The number of nitrogens with one attached hydrogen (secondary N) is 1. The highest BCUT2D eigenvalue weighted by atomic mass is 32.2. The van der Waals surface area contributed by atoms with E-state index < -0.39 is 10.0 Å². The van der Waals surface area contributed by atoms with E-state index in [2.05, 4.69) is 9.73 Å². The molecule has 1 heterocycles. The summed E-state index contributed by atoms with van der Waals surface area (Å²) in [5.74, 6) is 0.208. The van der Waals surface area contributed by atoms with Gasteiger partial charge in [-0.2, -0.15) is 0 Å². The van der Waals surface area contributed by atoms with Crippen molar-refractivity contribution in [2.75, 3.05) is 39.0 Å². The normalized spacial score (nSPS) is 21.3. The van der Waals surface area contributed by atoms with Crippen LogP contribution in [-0.4, -0.2) is 57.3 Å². The van der Waals surface area contributed by atoms with Gasteiger partial charge in [-0.15, -0.1) is 4.83 Å². The van der Waals surface area contributed by atoms with Gasteiger partial charge in [0.1, 0.15) is 0 Å². The number of sulfonamides is 1. The van der Waals surface area contributed by atoms with Crippen LogP contribution in [0.5, 0.6) is 0 Å². The smallest absolute Gasteiger partial charge is 0.224 e. The van der Waals surface area contributed by atoms with Crippen molar-refractivity contribution in [3.05, 3.63) is 0 Å². The maximum atomic E-state index is 11.4.